The van der Waals surface area contributed by atoms with Crippen molar-refractivity contribution in [2.45, 2.75) is 26.8 Å². The van der Waals surface area contributed by atoms with Gasteiger partial charge in [0.1, 0.15) is 5.82 Å². The molecule has 0 unspecified atom stereocenters. The number of hydrogen-bond donors (Lipinski definition) is 2. The number of benzene rings is 1. The maximum atomic E-state index is 11.9. The maximum Gasteiger partial charge on any atom is 0.251 e. The summed E-state index contributed by atoms with van der Waals surface area (Å²) in [6, 6.07) is 7.59. The lowest BCUT2D eigenvalue weighted by atomic mass is 10.1. The van der Waals surface area contributed by atoms with E-state index in [0.29, 0.717) is 18.7 Å². The molecule has 0 bridgehead atoms. The smallest absolute Gasteiger partial charge is 0.251 e. The number of amides is 1. The fraction of sp³-hybridized carbons (Fsp3) is 0.357. The topological polar surface area (TPSA) is 66.9 Å². The van der Waals surface area contributed by atoms with Crippen molar-refractivity contribution in [1.29, 1.82) is 0 Å². The first kappa shape index (κ1) is 14.5. The molecule has 1 aromatic carbocycles. The average molecular weight is 290 g/mol. The molecule has 0 aliphatic rings. The summed E-state index contributed by atoms with van der Waals surface area (Å²) in [7, 11) is 0. The molecule has 106 valence electrons. The van der Waals surface area contributed by atoms with E-state index < -0.39 is 0 Å². The molecule has 20 heavy (non-hydrogen) atoms. The number of hydrogen-bond acceptors (Lipinski definition) is 5. The van der Waals surface area contributed by atoms with Crippen molar-refractivity contribution in [3.8, 4) is 0 Å². The normalized spacial score (nSPS) is 10.3. The van der Waals surface area contributed by atoms with Gasteiger partial charge in [0.05, 0.1) is 0 Å². The largest absolute Gasteiger partial charge is 0.356 e. The summed E-state index contributed by atoms with van der Waals surface area (Å²) in [5, 5.41) is 6.87. The molecule has 0 fully saturated rings. The Bertz CT molecular complexity index is 582. The van der Waals surface area contributed by atoms with E-state index in [0.717, 1.165) is 22.9 Å². The lowest BCUT2D eigenvalue weighted by Gasteiger charge is -2.06. The third-order valence-corrected chi connectivity index (χ3v) is 3.46. The lowest BCUT2D eigenvalue weighted by Crippen LogP contribution is -2.24. The van der Waals surface area contributed by atoms with E-state index in [2.05, 4.69) is 20.0 Å². The Morgan fingerprint density at radius 2 is 2.25 bits per heavy atom. The third-order valence-electron chi connectivity index (χ3n) is 2.70. The molecule has 0 saturated heterocycles. The molecule has 2 N–H and O–H groups in total. The molecule has 6 heteroatoms. The molecule has 0 spiro atoms. The van der Waals surface area contributed by atoms with Gasteiger partial charge in [0.15, 0.2) is 0 Å². The van der Waals surface area contributed by atoms with Crippen LogP contribution in [0.25, 0.3) is 0 Å². The Kier molecular flexibility index (Phi) is 5.06. The van der Waals surface area contributed by atoms with Crippen molar-refractivity contribution < 1.29 is 4.79 Å². The zero-order valence-corrected chi connectivity index (χ0v) is 12.5. The minimum atomic E-state index is -0.0274. The molecule has 0 saturated carbocycles. The molecule has 1 aromatic heterocycles. The molecule has 1 amide bonds. The lowest BCUT2D eigenvalue weighted by molar-refractivity contribution is 0.0953. The summed E-state index contributed by atoms with van der Waals surface area (Å²) < 4.78 is 4.11. The van der Waals surface area contributed by atoms with Crippen molar-refractivity contribution in [2.24, 2.45) is 0 Å². The van der Waals surface area contributed by atoms with Crippen molar-refractivity contribution in [1.82, 2.24) is 14.7 Å². The second-order valence-corrected chi connectivity index (χ2v) is 5.21. The number of carbonyl (C=O) groups is 1. The van der Waals surface area contributed by atoms with Crippen LogP contribution in [0.15, 0.2) is 24.3 Å². The number of carbonyl (C=O) groups excluding carboxylic acids is 1. The quantitative estimate of drug-likeness (QED) is 0.858. The van der Waals surface area contributed by atoms with Gasteiger partial charge in [0.25, 0.3) is 5.91 Å². The molecule has 1 heterocycles. The van der Waals surface area contributed by atoms with E-state index in [1.807, 2.05) is 38.1 Å². The van der Waals surface area contributed by atoms with Gasteiger partial charge in [-0.1, -0.05) is 19.1 Å². The predicted molar refractivity (Wildman–Crippen MR) is 81.0 cm³/mol. The number of rotatable bonds is 6. The van der Waals surface area contributed by atoms with Crippen LogP contribution in [0.1, 0.15) is 35.1 Å². The fourth-order valence-corrected chi connectivity index (χ4v) is 2.28. The monoisotopic (exact) mass is 290 g/mol. The molecule has 5 nitrogen and oxygen atoms in total. The van der Waals surface area contributed by atoms with Crippen LogP contribution >= 0.6 is 11.5 Å². The maximum absolute atomic E-state index is 11.9. The fourth-order valence-electron chi connectivity index (χ4n) is 1.71. The highest BCUT2D eigenvalue weighted by atomic mass is 32.1. The first-order valence-electron chi connectivity index (χ1n) is 6.60. The van der Waals surface area contributed by atoms with Gasteiger partial charge in [0.2, 0.25) is 5.13 Å². The second kappa shape index (κ2) is 7.00. The first-order valence-corrected chi connectivity index (χ1v) is 7.37. The molecule has 0 aliphatic heterocycles. The van der Waals surface area contributed by atoms with Crippen molar-refractivity contribution >= 4 is 22.6 Å². The molecular weight excluding hydrogens is 272 g/mol. The number of anilines is 1. The van der Waals surface area contributed by atoms with Crippen LogP contribution in [0.2, 0.25) is 0 Å². The highest BCUT2D eigenvalue weighted by Gasteiger charge is 2.05. The van der Waals surface area contributed by atoms with Crippen molar-refractivity contribution in [3.05, 3.63) is 41.2 Å². The van der Waals surface area contributed by atoms with Crippen LogP contribution in [0, 0.1) is 6.92 Å². The van der Waals surface area contributed by atoms with Crippen molar-refractivity contribution in [2.75, 3.05) is 11.9 Å². The summed E-state index contributed by atoms with van der Waals surface area (Å²) in [5.41, 5.74) is 1.73. The van der Waals surface area contributed by atoms with Gasteiger partial charge < -0.3 is 10.6 Å². The Labute approximate surface area is 122 Å². The number of nitrogens with zero attached hydrogens (tertiary/aromatic N) is 2. The van der Waals surface area contributed by atoms with Gasteiger partial charge in [-0.05, 0) is 31.0 Å². The number of aryl methyl sites for hydroxylation is 1. The Morgan fingerprint density at radius 1 is 1.40 bits per heavy atom. The van der Waals surface area contributed by atoms with Crippen LogP contribution in [0.3, 0.4) is 0 Å². The summed E-state index contributed by atoms with van der Waals surface area (Å²) in [4.78, 5) is 16.1. The molecule has 0 radical (unpaired) electrons. The SMILES string of the molecule is CCCNC(=O)c1cccc(CNc2nc(C)ns2)c1. The van der Waals surface area contributed by atoms with E-state index in [1.165, 1.54) is 11.5 Å². The van der Waals surface area contributed by atoms with E-state index in [-0.39, 0.29) is 5.91 Å². The van der Waals surface area contributed by atoms with Gasteiger partial charge >= 0.3 is 0 Å². The molecule has 0 atom stereocenters. The Morgan fingerprint density at radius 3 is 2.95 bits per heavy atom. The van der Waals surface area contributed by atoms with E-state index in [4.69, 9.17) is 0 Å². The van der Waals surface area contributed by atoms with Crippen molar-refractivity contribution in [3.63, 3.8) is 0 Å². The van der Waals surface area contributed by atoms with Crippen LogP contribution in [-0.4, -0.2) is 21.8 Å². The zero-order valence-electron chi connectivity index (χ0n) is 11.6. The minimum Gasteiger partial charge on any atom is -0.356 e. The standard InChI is InChI=1S/C14H18N4OS/c1-3-7-15-13(19)12-6-4-5-11(8-12)9-16-14-17-10(2)18-20-14/h4-6,8H,3,7,9H2,1-2H3,(H,15,19)(H,16,17,18). The number of aromatic nitrogens is 2. The average Bonchev–Trinajstić information content (AvgIpc) is 2.88. The summed E-state index contributed by atoms with van der Waals surface area (Å²) in [6.07, 6.45) is 0.934. The summed E-state index contributed by atoms with van der Waals surface area (Å²) in [5.74, 6) is 0.741. The zero-order chi connectivity index (χ0) is 14.4. The van der Waals surface area contributed by atoms with E-state index in [9.17, 15) is 4.79 Å². The predicted octanol–water partition coefficient (Wildman–Crippen LogP) is 2.60. The Balaban J connectivity index is 1.97. The highest BCUT2D eigenvalue weighted by molar-refractivity contribution is 7.09. The van der Waals surface area contributed by atoms with Gasteiger partial charge in [0, 0.05) is 30.2 Å². The van der Waals surface area contributed by atoms with Crippen LogP contribution in [0.4, 0.5) is 5.13 Å². The minimum absolute atomic E-state index is 0.0274. The van der Waals surface area contributed by atoms with E-state index >= 15 is 0 Å². The highest BCUT2D eigenvalue weighted by Crippen LogP contribution is 2.13. The summed E-state index contributed by atoms with van der Waals surface area (Å²) in [6.45, 7) is 5.22. The van der Waals surface area contributed by atoms with Gasteiger partial charge in [-0.3, -0.25) is 4.79 Å². The van der Waals surface area contributed by atoms with Crippen LogP contribution in [-0.2, 0) is 6.54 Å². The van der Waals surface area contributed by atoms with Gasteiger partial charge in [-0.15, -0.1) is 0 Å². The number of nitrogens with one attached hydrogen (secondary N) is 2. The second-order valence-electron chi connectivity index (χ2n) is 4.46. The molecular formula is C14H18N4OS. The van der Waals surface area contributed by atoms with Gasteiger partial charge in [-0.25, -0.2) is 4.98 Å². The Hall–Kier alpha value is -1.95. The summed E-state index contributed by atoms with van der Waals surface area (Å²) >= 11 is 1.34. The third kappa shape index (κ3) is 4.03. The first-order chi connectivity index (χ1) is 9.69. The molecule has 0 aliphatic carbocycles. The molecule has 2 aromatic rings. The molecule has 2 rings (SSSR count). The van der Waals surface area contributed by atoms with Gasteiger partial charge in [-0.2, -0.15) is 4.37 Å². The van der Waals surface area contributed by atoms with Crippen LogP contribution < -0.4 is 10.6 Å². The van der Waals surface area contributed by atoms with Crippen LogP contribution in [0.5, 0.6) is 0 Å². The van der Waals surface area contributed by atoms with E-state index in [1.54, 1.807) is 0 Å².